The normalized spacial score (nSPS) is 35.9. The van der Waals surface area contributed by atoms with Crippen molar-refractivity contribution < 1.29 is 14.6 Å². The number of aliphatic hydroxyl groups excluding tert-OH is 1. The highest BCUT2D eigenvalue weighted by molar-refractivity contribution is 5.20. The molecule has 0 bridgehead atoms. The van der Waals surface area contributed by atoms with Crippen LogP contribution in [0, 0.1) is 5.92 Å². The largest absolute Gasteiger partial charge is 0.393 e. The fraction of sp³-hybridized carbons (Fsp3) is 0.647. The molecule has 1 aromatic rings. The summed E-state index contributed by atoms with van der Waals surface area (Å²) in [5.74, 6) is 0.00668. The number of likely N-dealkylation sites (N-methyl/N-ethyl adjacent to an activating group) is 1. The van der Waals surface area contributed by atoms with E-state index in [4.69, 9.17) is 9.47 Å². The van der Waals surface area contributed by atoms with Crippen molar-refractivity contribution in [2.24, 2.45) is 5.92 Å². The summed E-state index contributed by atoms with van der Waals surface area (Å²) < 4.78 is 12.1. The van der Waals surface area contributed by atoms with E-state index in [0.29, 0.717) is 12.5 Å². The van der Waals surface area contributed by atoms with Gasteiger partial charge in [-0.1, -0.05) is 30.3 Å². The monoisotopic (exact) mass is 291 g/mol. The van der Waals surface area contributed by atoms with Gasteiger partial charge in [-0.15, -0.1) is 0 Å². The highest BCUT2D eigenvalue weighted by Gasteiger charge is 2.39. The van der Waals surface area contributed by atoms with Gasteiger partial charge in [0.25, 0.3) is 0 Å². The first-order chi connectivity index (χ1) is 10.0. The molecular weight excluding hydrogens is 266 g/mol. The molecule has 2 unspecified atom stereocenters. The molecule has 2 atom stereocenters. The summed E-state index contributed by atoms with van der Waals surface area (Å²) in [5, 5.41) is 9.35. The molecule has 0 aromatic heterocycles. The van der Waals surface area contributed by atoms with Crippen molar-refractivity contribution >= 4 is 0 Å². The highest BCUT2D eigenvalue weighted by Crippen LogP contribution is 2.34. The van der Waals surface area contributed by atoms with Gasteiger partial charge in [-0.25, -0.2) is 0 Å². The highest BCUT2D eigenvalue weighted by atomic mass is 16.7. The lowest BCUT2D eigenvalue weighted by molar-refractivity contribution is -0.163. The van der Waals surface area contributed by atoms with Crippen molar-refractivity contribution in [3.63, 3.8) is 0 Å². The molecule has 4 heteroatoms. The molecular formula is C17H25NO3. The fourth-order valence-corrected chi connectivity index (χ4v) is 3.33. The average Bonchev–Trinajstić information content (AvgIpc) is 2.81. The first-order valence-electron chi connectivity index (χ1n) is 7.79. The van der Waals surface area contributed by atoms with Gasteiger partial charge >= 0.3 is 0 Å². The number of nitrogens with zero attached hydrogens (tertiary/aromatic N) is 1. The number of ether oxygens (including phenoxy) is 2. The topological polar surface area (TPSA) is 41.9 Å². The molecule has 1 saturated heterocycles. The second-order valence-corrected chi connectivity index (χ2v) is 6.58. The molecule has 0 radical (unpaired) electrons. The van der Waals surface area contributed by atoms with Gasteiger partial charge in [0.2, 0.25) is 0 Å². The summed E-state index contributed by atoms with van der Waals surface area (Å²) in [6.07, 6.45) is 1.91. The van der Waals surface area contributed by atoms with Gasteiger partial charge in [-0.2, -0.15) is 0 Å². The summed E-state index contributed by atoms with van der Waals surface area (Å²) >= 11 is 0. The van der Waals surface area contributed by atoms with Gasteiger partial charge in [0.05, 0.1) is 18.8 Å². The van der Waals surface area contributed by atoms with E-state index in [-0.39, 0.29) is 12.2 Å². The second kappa shape index (κ2) is 6.05. The number of aliphatic hydroxyl groups is 1. The van der Waals surface area contributed by atoms with Crippen molar-refractivity contribution in [2.75, 3.05) is 26.7 Å². The maximum atomic E-state index is 9.35. The lowest BCUT2D eigenvalue weighted by Crippen LogP contribution is -2.40. The molecule has 3 rings (SSSR count). The Morgan fingerprint density at radius 2 is 1.95 bits per heavy atom. The van der Waals surface area contributed by atoms with E-state index in [1.807, 2.05) is 37.3 Å². The van der Waals surface area contributed by atoms with Gasteiger partial charge in [0.15, 0.2) is 5.79 Å². The Hall–Kier alpha value is -0.940. The van der Waals surface area contributed by atoms with E-state index in [1.54, 1.807) is 0 Å². The predicted octanol–water partition coefficient (Wildman–Crippen LogP) is 1.98. The maximum Gasteiger partial charge on any atom is 0.192 e. The zero-order chi connectivity index (χ0) is 14.9. The maximum absolute atomic E-state index is 9.35. The Bertz CT molecular complexity index is 460. The third-order valence-corrected chi connectivity index (χ3v) is 4.53. The van der Waals surface area contributed by atoms with E-state index >= 15 is 0 Å². The third kappa shape index (κ3) is 3.46. The average molecular weight is 291 g/mol. The zero-order valence-electron chi connectivity index (χ0n) is 12.9. The molecule has 2 aliphatic rings. The van der Waals surface area contributed by atoms with Crippen LogP contribution in [-0.2, 0) is 15.3 Å². The van der Waals surface area contributed by atoms with E-state index in [2.05, 4.69) is 11.9 Å². The number of hydrogen-bond acceptors (Lipinski definition) is 4. The van der Waals surface area contributed by atoms with Crippen LogP contribution in [0.2, 0.25) is 0 Å². The molecule has 1 aromatic carbocycles. The second-order valence-electron chi connectivity index (χ2n) is 6.58. The van der Waals surface area contributed by atoms with Crippen LogP contribution in [0.1, 0.15) is 25.3 Å². The van der Waals surface area contributed by atoms with Crippen molar-refractivity contribution in [3.8, 4) is 0 Å². The molecule has 0 spiro atoms. The number of rotatable bonds is 5. The van der Waals surface area contributed by atoms with E-state index < -0.39 is 5.79 Å². The fourth-order valence-electron chi connectivity index (χ4n) is 3.33. The van der Waals surface area contributed by atoms with E-state index in [0.717, 1.165) is 31.5 Å². The van der Waals surface area contributed by atoms with Crippen molar-refractivity contribution in [3.05, 3.63) is 35.9 Å². The number of hydrogen-bond donors (Lipinski definition) is 1. The smallest absolute Gasteiger partial charge is 0.192 e. The first kappa shape index (κ1) is 15.0. The minimum atomic E-state index is -0.626. The summed E-state index contributed by atoms with van der Waals surface area (Å²) in [6, 6.07) is 10.1. The molecule has 0 amide bonds. The van der Waals surface area contributed by atoms with Gasteiger partial charge in [0.1, 0.15) is 0 Å². The van der Waals surface area contributed by atoms with Crippen molar-refractivity contribution in [1.29, 1.82) is 0 Å². The van der Waals surface area contributed by atoms with Crippen LogP contribution in [0.25, 0.3) is 0 Å². The quantitative estimate of drug-likeness (QED) is 0.901. The molecule has 116 valence electrons. The molecule has 21 heavy (non-hydrogen) atoms. The van der Waals surface area contributed by atoms with E-state index in [1.165, 1.54) is 0 Å². The van der Waals surface area contributed by atoms with Gasteiger partial charge in [0, 0.05) is 18.7 Å². The molecule has 4 nitrogen and oxygen atoms in total. The SMILES string of the molecule is CN(CC1CC(O)C1)CC1COC(C)(c2ccccc2)O1. The Labute approximate surface area is 126 Å². The predicted molar refractivity (Wildman–Crippen MR) is 80.8 cm³/mol. The molecule has 2 fully saturated rings. The van der Waals surface area contributed by atoms with Crippen LogP contribution in [0.3, 0.4) is 0 Å². The molecule has 1 aliphatic heterocycles. The standard InChI is InChI=1S/C17H25NO3/c1-17(14-6-4-3-5-7-14)20-12-16(21-17)11-18(2)10-13-8-15(19)9-13/h3-7,13,15-16,19H,8-12H2,1-2H3. The van der Waals surface area contributed by atoms with Crippen LogP contribution >= 0.6 is 0 Å². The number of benzene rings is 1. The van der Waals surface area contributed by atoms with E-state index in [9.17, 15) is 5.11 Å². The summed E-state index contributed by atoms with van der Waals surface area (Å²) in [5.41, 5.74) is 1.07. The summed E-state index contributed by atoms with van der Waals surface area (Å²) in [4.78, 5) is 2.29. The van der Waals surface area contributed by atoms with Crippen LogP contribution in [0.5, 0.6) is 0 Å². The Morgan fingerprint density at radius 1 is 1.24 bits per heavy atom. The Kier molecular flexibility index (Phi) is 4.31. The van der Waals surface area contributed by atoms with Crippen LogP contribution < -0.4 is 0 Å². The van der Waals surface area contributed by atoms with Gasteiger partial charge < -0.3 is 19.5 Å². The lowest BCUT2D eigenvalue weighted by Gasteiger charge is -2.35. The van der Waals surface area contributed by atoms with Crippen molar-refractivity contribution in [1.82, 2.24) is 4.90 Å². The minimum absolute atomic E-state index is 0.0733. The molecule has 1 N–H and O–H groups in total. The summed E-state index contributed by atoms with van der Waals surface area (Å²) in [7, 11) is 2.12. The lowest BCUT2D eigenvalue weighted by atomic mass is 9.82. The summed E-state index contributed by atoms with van der Waals surface area (Å²) in [6.45, 7) is 4.52. The Balaban J connectivity index is 1.50. The van der Waals surface area contributed by atoms with Gasteiger partial charge in [-0.05, 0) is 32.7 Å². The van der Waals surface area contributed by atoms with Crippen LogP contribution in [0.15, 0.2) is 30.3 Å². The minimum Gasteiger partial charge on any atom is -0.393 e. The van der Waals surface area contributed by atoms with Gasteiger partial charge in [-0.3, -0.25) is 0 Å². The molecule has 1 aliphatic carbocycles. The van der Waals surface area contributed by atoms with Crippen molar-refractivity contribution in [2.45, 2.75) is 37.8 Å². The zero-order valence-corrected chi connectivity index (χ0v) is 12.9. The van der Waals surface area contributed by atoms with Crippen LogP contribution in [-0.4, -0.2) is 49.0 Å². The first-order valence-corrected chi connectivity index (χ1v) is 7.79. The molecule has 1 heterocycles. The molecule has 1 saturated carbocycles. The third-order valence-electron chi connectivity index (χ3n) is 4.53. The van der Waals surface area contributed by atoms with Crippen LogP contribution in [0.4, 0.5) is 0 Å². The Morgan fingerprint density at radius 3 is 2.62 bits per heavy atom.